The lowest BCUT2D eigenvalue weighted by atomic mass is 10.2. The molecule has 3 N–H and O–H groups in total. The van der Waals surface area contributed by atoms with Gasteiger partial charge in [-0.3, -0.25) is 9.59 Å². The molecule has 0 saturated heterocycles. The summed E-state index contributed by atoms with van der Waals surface area (Å²) >= 11 is 0. The molecular weight excluding hydrogens is 338 g/mol. The van der Waals surface area contributed by atoms with E-state index in [0.29, 0.717) is 37.0 Å². The standard InChI is InChI=1S/C17H19N5O4/c1-2-22(12-5-3-11(4-6-12)17(25)26)13(23)7-8-21-10-20-14-15(21)18-9-19-16(14)24/h3-6,9,20H,2,7-8,10H2,1H3,(H,25,26)(H,18,19,24). The SMILES string of the molecule is CCN(C(=O)CCN1CNc2c1nc[nH]c2=O)c1ccc(C(=O)O)cc1. The number of anilines is 3. The number of carbonyl (C=O) groups excluding carboxylic acids is 1. The predicted octanol–water partition coefficient (Wildman–Crippen LogP) is 1.10. The van der Waals surface area contributed by atoms with E-state index in [0.717, 1.165) is 0 Å². The van der Waals surface area contributed by atoms with Crippen molar-refractivity contribution in [3.63, 3.8) is 0 Å². The van der Waals surface area contributed by atoms with Crippen molar-refractivity contribution in [2.45, 2.75) is 13.3 Å². The molecule has 1 amide bonds. The van der Waals surface area contributed by atoms with Crippen molar-refractivity contribution in [3.05, 3.63) is 46.5 Å². The van der Waals surface area contributed by atoms with Crippen molar-refractivity contribution in [1.82, 2.24) is 9.97 Å². The lowest BCUT2D eigenvalue weighted by molar-refractivity contribution is -0.118. The van der Waals surface area contributed by atoms with Gasteiger partial charge in [0, 0.05) is 25.2 Å². The number of rotatable bonds is 6. The minimum atomic E-state index is -1.01. The zero-order valence-corrected chi connectivity index (χ0v) is 14.2. The van der Waals surface area contributed by atoms with Crippen LogP contribution in [0.2, 0.25) is 0 Å². The smallest absolute Gasteiger partial charge is 0.335 e. The normalized spacial score (nSPS) is 12.4. The number of hydrogen-bond acceptors (Lipinski definition) is 6. The Balaban J connectivity index is 1.67. The molecule has 9 heteroatoms. The highest BCUT2D eigenvalue weighted by atomic mass is 16.4. The number of nitrogens with one attached hydrogen (secondary N) is 2. The minimum Gasteiger partial charge on any atom is -0.478 e. The number of H-pyrrole nitrogens is 1. The van der Waals surface area contributed by atoms with Gasteiger partial charge in [0.15, 0.2) is 5.82 Å². The molecule has 26 heavy (non-hydrogen) atoms. The number of carboxylic acids is 1. The van der Waals surface area contributed by atoms with Crippen molar-refractivity contribution in [2.24, 2.45) is 0 Å². The number of carbonyl (C=O) groups is 2. The average Bonchev–Trinajstić information content (AvgIpc) is 3.05. The fourth-order valence-electron chi connectivity index (χ4n) is 2.88. The number of amides is 1. The lowest BCUT2D eigenvalue weighted by Crippen LogP contribution is -2.34. The molecule has 136 valence electrons. The zero-order valence-electron chi connectivity index (χ0n) is 14.2. The summed E-state index contributed by atoms with van der Waals surface area (Å²) in [5.74, 6) is -0.558. The predicted molar refractivity (Wildman–Crippen MR) is 96.7 cm³/mol. The van der Waals surface area contributed by atoms with Crippen LogP contribution in [0.1, 0.15) is 23.7 Å². The molecule has 9 nitrogen and oxygen atoms in total. The van der Waals surface area contributed by atoms with E-state index in [2.05, 4.69) is 15.3 Å². The van der Waals surface area contributed by atoms with E-state index in [1.807, 2.05) is 11.8 Å². The third kappa shape index (κ3) is 3.37. The first-order valence-corrected chi connectivity index (χ1v) is 8.21. The van der Waals surface area contributed by atoms with Gasteiger partial charge in [0.25, 0.3) is 5.56 Å². The van der Waals surface area contributed by atoms with Crippen molar-refractivity contribution in [3.8, 4) is 0 Å². The Morgan fingerprint density at radius 3 is 2.69 bits per heavy atom. The van der Waals surface area contributed by atoms with Crippen LogP contribution in [0, 0.1) is 0 Å². The van der Waals surface area contributed by atoms with Crippen LogP contribution in [0.25, 0.3) is 0 Å². The fraction of sp³-hybridized carbons (Fsp3) is 0.294. The van der Waals surface area contributed by atoms with Crippen LogP contribution < -0.4 is 20.7 Å². The summed E-state index contributed by atoms with van der Waals surface area (Å²) in [4.78, 5) is 45.3. The molecule has 0 aliphatic carbocycles. The van der Waals surface area contributed by atoms with Crippen LogP contribution >= 0.6 is 0 Å². The molecule has 1 aliphatic heterocycles. The lowest BCUT2D eigenvalue weighted by Gasteiger charge is -2.23. The first kappa shape index (κ1) is 17.5. The van der Waals surface area contributed by atoms with Crippen LogP contribution in [0.15, 0.2) is 35.4 Å². The van der Waals surface area contributed by atoms with Gasteiger partial charge in [-0.05, 0) is 31.2 Å². The number of aromatic carboxylic acids is 1. The van der Waals surface area contributed by atoms with Crippen molar-refractivity contribution in [2.75, 3.05) is 34.9 Å². The fourth-order valence-corrected chi connectivity index (χ4v) is 2.88. The highest BCUT2D eigenvalue weighted by Gasteiger charge is 2.24. The molecular formula is C17H19N5O4. The maximum absolute atomic E-state index is 12.6. The third-order valence-electron chi connectivity index (χ3n) is 4.22. The minimum absolute atomic E-state index is 0.0890. The van der Waals surface area contributed by atoms with Gasteiger partial charge in [-0.15, -0.1) is 0 Å². The Morgan fingerprint density at radius 2 is 2.04 bits per heavy atom. The van der Waals surface area contributed by atoms with Gasteiger partial charge in [-0.25, -0.2) is 9.78 Å². The summed E-state index contributed by atoms with van der Waals surface area (Å²) in [7, 11) is 0. The molecule has 2 aromatic rings. The van der Waals surface area contributed by atoms with Gasteiger partial charge < -0.3 is 25.2 Å². The monoisotopic (exact) mass is 357 g/mol. The summed E-state index contributed by atoms with van der Waals surface area (Å²) in [6.45, 7) is 3.16. The van der Waals surface area contributed by atoms with E-state index in [4.69, 9.17) is 5.11 Å². The topological polar surface area (TPSA) is 119 Å². The Labute approximate surface area is 149 Å². The zero-order chi connectivity index (χ0) is 18.7. The number of nitrogens with zero attached hydrogens (tertiary/aromatic N) is 3. The van der Waals surface area contributed by atoms with Gasteiger partial charge in [0.1, 0.15) is 5.69 Å². The van der Waals surface area contributed by atoms with E-state index in [-0.39, 0.29) is 23.5 Å². The van der Waals surface area contributed by atoms with E-state index in [1.54, 1.807) is 17.0 Å². The van der Waals surface area contributed by atoms with Crippen LogP contribution in [0.3, 0.4) is 0 Å². The summed E-state index contributed by atoms with van der Waals surface area (Å²) < 4.78 is 0. The van der Waals surface area contributed by atoms with E-state index in [1.165, 1.54) is 18.5 Å². The maximum atomic E-state index is 12.6. The number of benzene rings is 1. The molecule has 0 atom stereocenters. The highest BCUT2D eigenvalue weighted by Crippen LogP contribution is 2.24. The molecule has 0 fully saturated rings. The Kier molecular flexibility index (Phi) is 4.87. The number of aromatic amines is 1. The Hall–Kier alpha value is -3.36. The van der Waals surface area contributed by atoms with Gasteiger partial charge >= 0.3 is 5.97 Å². The Bertz CT molecular complexity index is 877. The summed E-state index contributed by atoms with van der Waals surface area (Å²) in [6, 6.07) is 6.20. The largest absolute Gasteiger partial charge is 0.478 e. The van der Waals surface area contributed by atoms with Crippen molar-refractivity contribution >= 4 is 29.1 Å². The van der Waals surface area contributed by atoms with Crippen molar-refractivity contribution < 1.29 is 14.7 Å². The average molecular weight is 357 g/mol. The first-order chi connectivity index (χ1) is 12.5. The molecule has 0 saturated carbocycles. The highest BCUT2D eigenvalue weighted by molar-refractivity contribution is 5.94. The van der Waals surface area contributed by atoms with E-state index >= 15 is 0 Å². The summed E-state index contributed by atoms with van der Waals surface area (Å²) in [5.41, 5.74) is 0.999. The molecule has 0 radical (unpaired) electrons. The van der Waals surface area contributed by atoms with E-state index in [9.17, 15) is 14.4 Å². The molecule has 1 aliphatic rings. The maximum Gasteiger partial charge on any atom is 0.335 e. The quantitative estimate of drug-likeness (QED) is 0.708. The third-order valence-corrected chi connectivity index (χ3v) is 4.22. The number of fused-ring (bicyclic) bond motifs is 1. The molecule has 0 unspecified atom stereocenters. The second-order valence-electron chi connectivity index (χ2n) is 5.77. The van der Waals surface area contributed by atoms with E-state index < -0.39 is 5.97 Å². The number of aromatic nitrogens is 2. The summed E-state index contributed by atoms with van der Waals surface area (Å²) in [6.07, 6.45) is 1.58. The van der Waals surface area contributed by atoms with Crippen molar-refractivity contribution in [1.29, 1.82) is 0 Å². The number of carboxylic acid groups (broad SMARTS) is 1. The number of hydrogen-bond donors (Lipinski definition) is 3. The molecule has 0 bridgehead atoms. The molecule has 1 aromatic carbocycles. The Morgan fingerprint density at radius 1 is 1.31 bits per heavy atom. The van der Waals surface area contributed by atoms with Gasteiger partial charge in [-0.1, -0.05) is 0 Å². The second-order valence-corrected chi connectivity index (χ2v) is 5.77. The van der Waals surface area contributed by atoms with Gasteiger partial charge in [-0.2, -0.15) is 0 Å². The molecule has 2 heterocycles. The van der Waals surface area contributed by atoms with Crippen LogP contribution in [-0.4, -0.2) is 46.7 Å². The van der Waals surface area contributed by atoms with Gasteiger partial charge in [0.05, 0.1) is 18.6 Å². The van der Waals surface area contributed by atoms with Crippen LogP contribution in [-0.2, 0) is 4.79 Å². The van der Waals surface area contributed by atoms with Crippen LogP contribution in [0.4, 0.5) is 17.2 Å². The second kappa shape index (κ2) is 7.26. The molecule has 0 spiro atoms. The van der Waals surface area contributed by atoms with Crippen LogP contribution in [0.5, 0.6) is 0 Å². The first-order valence-electron chi connectivity index (χ1n) is 8.21. The summed E-state index contributed by atoms with van der Waals surface area (Å²) in [5, 5.41) is 11.9. The molecule has 3 rings (SSSR count). The van der Waals surface area contributed by atoms with Gasteiger partial charge in [0.2, 0.25) is 5.91 Å². The molecule has 1 aromatic heterocycles.